The largest absolute Gasteiger partial charge is 0.483 e. The van der Waals surface area contributed by atoms with Crippen molar-refractivity contribution in [3.8, 4) is 11.5 Å². The molecule has 1 saturated carbocycles. The summed E-state index contributed by atoms with van der Waals surface area (Å²) in [6.45, 7) is 8.54. The molecule has 2 fully saturated rings. The average molecular weight is 539 g/mol. The van der Waals surface area contributed by atoms with E-state index in [4.69, 9.17) is 9.47 Å². The highest BCUT2D eigenvalue weighted by atomic mass is 32.2. The van der Waals surface area contributed by atoms with Gasteiger partial charge in [0.2, 0.25) is 10.0 Å². The van der Waals surface area contributed by atoms with Crippen molar-refractivity contribution in [2.75, 3.05) is 13.1 Å². The molecule has 2 heterocycles. The molecule has 6 rings (SSSR count). The number of piperidine rings is 1. The number of esters is 1. The lowest BCUT2D eigenvalue weighted by molar-refractivity contribution is -0.188. The summed E-state index contributed by atoms with van der Waals surface area (Å²) in [5.74, 6) is 0.183. The van der Waals surface area contributed by atoms with E-state index in [1.54, 1.807) is 6.07 Å². The van der Waals surface area contributed by atoms with Crippen LogP contribution in [0.2, 0.25) is 0 Å². The van der Waals surface area contributed by atoms with Crippen LogP contribution in [0.25, 0.3) is 0 Å². The number of sulfonamides is 1. The molecule has 2 aliphatic carbocycles. The van der Waals surface area contributed by atoms with E-state index in [2.05, 4.69) is 16.2 Å². The van der Waals surface area contributed by atoms with E-state index >= 15 is 0 Å². The van der Waals surface area contributed by atoms with E-state index in [0.29, 0.717) is 43.7 Å². The third-order valence-corrected chi connectivity index (χ3v) is 10.5. The second kappa shape index (κ2) is 8.91. The zero-order valence-corrected chi connectivity index (χ0v) is 22.6. The summed E-state index contributed by atoms with van der Waals surface area (Å²) in [4.78, 5) is 14.2. The topological polar surface area (TPSA) is 105 Å². The lowest BCUT2D eigenvalue weighted by atomic mass is 9.48. The number of hydrogen-bond donors (Lipinski definition) is 2. The smallest absolute Gasteiger partial charge is 0.308 e. The minimum atomic E-state index is -3.71. The molecule has 1 saturated heterocycles. The number of carbonyl (C=O) groups is 1. The molecule has 38 heavy (non-hydrogen) atoms. The molecule has 1 spiro atoms. The number of hydrogen-bond acceptors (Lipinski definition) is 7. The van der Waals surface area contributed by atoms with Crippen LogP contribution in [-0.2, 0) is 32.4 Å². The number of nitrogens with one attached hydrogen (secondary N) is 1. The summed E-state index contributed by atoms with van der Waals surface area (Å²) in [6, 6.07) is 10.5. The molecule has 2 aromatic carbocycles. The number of aliphatic hydroxyl groups is 1. The number of carbonyl (C=O) groups excluding carboxylic acids is 1. The molecule has 0 unspecified atom stereocenters. The van der Waals surface area contributed by atoms with Crippen molar-refractivity contribution in [2.45, 2.75) is 74.5 Å². The molecule has 9 heteroatoms. The fourth-order valence-electron chi connectivity index (χ4n) is 7.61. The van der Waals surface area contributed by atoms with Crippen molar-refractivity contribution in [3.05, 3.63) is 71.3 Å². The molecular weight excluding hydrogens is 504 g/mol. The SMILES string of the molecule is C=CCN1CC[C@]23c4c5ccc(OC(C)=O)c4O[C@H]2[C@H](NS(=O)(=O)Cc2ccccc2C)CC[C@@]3(O)[C@H]1C5. The number of rotatable bonds is 7. The molecule has 0 radical (unpaired) electrons. The van der Waals surface area contributed by atoms with Crippen LogP contribution < -0.4 is 14.2 Å². The summed E-state index contributed by atoms with van der Waals surface area (Å²) in [7, 11) is -3.71. The van der Waals surface area contributed by atoms with Gasteiger partial charge in [0.1, 0.15) is 6.10 Å². The van der Waals surface area contributed by atoms with Crippen LogP contribution in [0.1, 0.15) is 48.4 Å². The van der Waals surface area contributed by atoms with Crippen molar-refractivity contribution in [3.63, 3.8) is 0 Å². The zero-order valence-electron chi connectivity index (χ0n) is 21.8. The van der Waals surface area contributed by atoms with Gasteiger partial charge in [-0.2, -0.15) is 0 Å². The Labute approximate surface area is 223 Å². The first-order valence-corrected chi connectivity index (χ1v) is 14.9. The second-order valence-corrected chi connectivity index (χ2v) is 12.9. The molecule has 2 bridgehead atoms. The molecule has 2 aromatic rings. The van der Waals surface area contributed by atoms with Gasteiger partial charge in [-0.15, -0.1) is 6.58 Å². The molecule has 2 N–H and O–H groups in total. The lowest BCUT2D eigenvalue weighted by Crippen LogP contribution is -2.78. The van der Waals surface area contributed by atoms with Gasteiger partial charge in [0.25, 0.3) is 0 Å². The molecular formula is C29H34N2O6S. The summed E-state index contributed by atoms with van der Waals surface area (Å²) < 4.78 is 41.9. The number of aryl methyl sites for hydroxylation is 1. The fourth-order valence-corrected chi connectivity index (χ4v) is 9.13. The first-order valence-electron chi connectivity index (χ1n) is 13.2. The fraction of sp³-hybridized carbons (Fsp3) is 0.483. The monoisotopic (exact) mass is 538 g/mol. The van der Waals surface area contributed by atoms with Gasteiger partial charge < -0.3 is 14.6 Å². The summed E-state index contributed by atoms with van der Waals surface area (Å²) in [5.41, 5.74) is 1.65. The van der Waals surface area contributed by atoms with Crippen molar-refractivity contribution < 1.29 is 27.8 Å². The van der Waals surface area contributed by atoms with Gasteiger partial charge in [-0.3, -0.25) is 9.69 Å². The highest BCUT2D eigenvalue weighted by Crippen LogP contribution is 2.65. The van der Waals surface area contributed by atoms with Crippen molar-refractivity contribution in [1.29, 1.82) is 0 Å². The number of ether oxygens (including phenoxy) is 2. The van der Waals surface area contributed by atoms with E-state index in [1.165, 1.54) is 6.92 Å². The molecule has 5 atom stereocenters. The normalized spacial score (nSPS) is 31.3. The highest BCUT2D eigenvalue weighted by Gasteiger charge is 2.73. The molecule has 4 aliphatic rings. The Morgan fingerprint density at radius 1 is 1.29 bits per heavy atom. The second-order valence-electron chi connectivity index (χ2n) is 11.2. The highest BCUT2D eigenvalue weighted by molar-refractivity contribution is 7.88. The van der Waals surface area contributed by atoms with E-state index in [9.17, 15) is 18.3 Å². The summed E-state index contributed by atoms with van der Waals surface area (Å²) >= 11 is 0. The summed E-state index contributed by atoms with van der Waals surface area (Å²) in [5, 5.41) is 12.5. The minimum Gasteiger partial charge on any atom is -0.483 e. The maximum Gasteiger partial charge on any atom is 0.308 e. The van der Waals surface area contributed by atoms with Crippen molar-refractivity contribution in [2.24, 2.45) is 0 Å². The van der Waals surface area contributed by atoms with E-state index in [1.807, 2.05) is 43.3 Å². The lowest BCUT2D eigenvalue weighted by Gasteiger charge is -2.64. The molecule has 2 aliphatic heterocycles. The van der Waals surface area contributed by atoms with Crippen LogP contribution in [0.15, 0.2) is 49.1 Å². The molecule has 8 nitrogen and oxygen atoms in total. The Hall–Kier alpha value is -2.72. The van der Waals surface area contributed by atoms with Gasteiger partial charge in [0.15, 0.2) is 11.5 Å². The predicted molar refractivity (Wildman–Crippen MR) is 143 cm³/mol. The number of benzene rings is 2. The molecule has 0 aromatic heterocycles. The Balaban J connectivity index is 1.43. The quantitative estimate of drug-likeness (QED) is 0.317. The van der Waals surface area contributed by atoms with Gasteiger partial charge in [-0.1, -0.05) is 36.4 Å². The standard InChI is InChI=1S/C29H34N2O6S/c1-4-14-31-15-13-28-25-20-9-10-23(36-19(3)32)26(25)37-27(28)22(11-12-29(28,33)24(31)16-20)30-38(34,35)17-21-8-6-5-7-18(21)2/h4-10,22,24,27,30,33H,1,11-17H2,2-3H3/t22-,24-,27+,28+,29-/m1/s1. The third kappa shape index (κ3) is 3.66. The Kier molecular flexibility index (Phi) is 5.99. The van der Waals surface area contributed by atoms with Crippen LogP contribution in [0.3, 0.4) is 0 Å². The zero-order chi connectivity index (χ0) is 26.9. The van der Waals surface area contributed by atoms with E-state index < -0.39 is 39.2 Å². The van der Waals surface area contributed by atoms with Gasteiger partial charge in [0.05, 0.1) is 22.8 Å². The molecule has 202 valence electrons. The Morgan fingerprint density at radius 3 is 2.82 bits per heavy atom. The van der Waals surface area contributed by atoms with E-state index in [-0.39, 0.29) is 11.8 Å². The predicted octanol–water partition coefficient (Wildman–Crippen LogP) is 2.75. The van der Waals surface area contributed by atoms with Crippen LogP contribution in [-0.4, -0.2) is 61.3 Å². The van der Waals surface area contributed by atoms with Gasteiger partial charge in [0, 0.05) is 25.1 Å². The van der Waals surface area contributed by atoms with Crippen LogP contribution >= 0.6 is 0 Å². The maximum atomic E-state index is 13.4. The minimum absolute atomic E-state index is 0.132. The first-order chi connectivity index (χ1) is 18.1. The van der Waals surface area contributed by atoms with Crippen LogP contribution in [0.5, 0.6) is 11.5 Å². The van der Waals surface area contributed by atoms with Gasteiger partial charge in [-0.25, -0.2) is 13.1 Å². The van der Waals surface area contributed by atoms with Crippen molar-refractivity contribution in [1.82, 2.24) is 9.62 Å². The van der Waals surface area contributed by atoms with Crippen molar-refractivity contribution >= 4 is 16.0 Å². The van der Waals surface area contributed by atoms with Gasteiger partial charge in [-0.05, 0) is 61.9 Å². The average Bonchev–Trinajstić information content (AvgIpc) is 3.21. The first kappa shape index (κ1) is 25.6. The van der Waals surface area contributed by atoms with Crippen LogP contribution in [0, 0.1) is 6.92 Å². The Bertz CT molecular complexity index is 1420. The van der Waals surface area contributed by atoms with Crippen LogP contribution in [0.4, 0.5) is 0 Å². The summed E-state index contributed by atoms with van der Waals surface area (Å²) in [6.07, 6.45) is 3.32. The Morgan fingerprint density at radius 2 is 2.08 bits per heavy atom. The maximum absolute atomic E-state index is 13.4. The number of likely N-dealkylation sites (tertiary alicyclic amines) is 1. The van der Waals surface area contributed by atoms with E-state index in [0.717, 1.165) is 28.8 Å². The van der Waals surface area contributed by atoms with Gasteiger partial charge >= 0.3 is 5.97 Å². The third-order valence-electron chi connectivity index (χ3n) is 9.11. The number of nitrogens with zero attached hydrogens (tertiary/aromatic N) is 1. The molecule has 0 amide bonds.